The molecule has 31 heavy (non-hydrogen) atoms. The van der Waals surface area contributed by atoms with Crippen molar-refractivity contribution in [2.24, 2.45) is 0 Å². The summed E-state index contributed by atoms with van der Waals surface area (Å²) in [6.45, 7) is 0. The van der Waals surface area contributed by atoms with Gasteiger partial charge in [0.1, 0.15) is 0 Å². The van der Waals surface area contributed by atoms with E-state index >= 15 is 0 Å². The summed E-state index contributed by atoms with van der Waals surface area (Å²) in [5.41, 5.74) is 0. The molecule has 0 saturated heterocycles. The third-order valence-electron chi connectivity index (χ3n) is 0. The molecule has 0 bridgehead atoms. The molecule has 0 aliphatic rings. The quantitative estimate of drug-likeness (QED) is 0.100. The number of rotatable bonds is 0. The van der Waals surface area contributed by atoms with Gasteiger partial charge in [0.2, 0.25) is 0 Å². The zero-order valence-electron chi connectivity index (χ0n) is 13.8. The molecule has 24 nitrogen and oxygen atoms in total. The molecule has 0 atom stereocenters. The third kappa shape index (κ3) is 6080. The fourth-order valence-electron chi connectivity index (χ4n) is 0. The van der Waals surface area contributed by atoms with Crippen molar-refractivity contribution in [3.63, 3.8) is 0 Å². The van der Waals surface area contributed by atoms with E-state index in [4.69, 9.17) is 96.2 Å². The molecule has 0 aromatic rings. The van der Waals surface area contributed by atoms with Crippen LogP contribution in [0.15, 0.2) is 0 Å². The second-order valence-electron chi connectivity index (χ2n) is 3.03. The molecule has 192 valence electrons. The minimum atomic E-state index is -5.62. The van der Waals surface area contributed by atoms with Crippen LogP contribution in [-0.2, 0) is 22.4 Å². The Kier molecular flexibility index (Phi) is 34.7. The predicted molar refractivity (Wildman–Crippen MR) is 79.9 cm³/mol. The Morgan fingerprint density at radius 3 is 0.323 bits per heavy atom. The van der Waals surface area contributed by atoms with Gasteiger partial charge in [0.15, 0.2) is 0 Å². The van der Waals surface area contributed by atoms with Crippen molar-refractivity contribution in [2.75, 3.05) is 0 Å². The van der Waals surface area contributed by atoms with E-state index in [-0.39, 0.29) is 23.1 Å². The van der Waals surface area contributed by atoms with Gasteiger partial charge in [0.05, 0.1) is 0 Å². The van der Waals surface area contributed by atoms with Crippen LogP contribution in [-0.4, -0.2) is 176 Å². The van der Waals surface area contributed by atoms with Gasteiger partial charge in [-0.3, -0.25) is 0 Å². The van der Waals surface area contributed by atoms with Gasteiger partial charge in [0, 0.05) is 0 Å². The Hall–Kier alpha value is 2.20. The second kappa shape index (κ2) is 21.5. The fraction of sp³-hybridized carbons (Fsp3) is 0. The Morgan fingerprint density at radius 1 is 0.323 bits per heavy atom. The van der Waals surface area contributed by atoms with Crippen molar-refractivity contribution < 1.29 is 96.2 Å². The van der Waals surface area contributed by atoms with Crippen molar-refractivity contribution >= 4 is 110 Å². The van der Waals surface area contributed by atoms with Crippen LogP contribution >= 0.6 is 0 Å². The first-order valence-electron chi connectivity index (χ1n) is 4.66. The third-order valence-corrected chi connectivity index (χ3v) is 0. The van der Waals surface area contributed by atoms with Gasteiger partial charge in [-0.2, -0.15) is 0 Å². The van der Waals surface area contributed by atoms with Gasteiger partial charge >= 0.3 is 206 Å². The van der Waals surface area contributed by atoms with E-state index in [1.54, 1.807) is 0 Å². The first-order chi connectivity index (χ1) is 12.0. The van der Waals surface area contributed by atoms with Crippen LogP contribution in [0.4, 0.5) is 0 Å². The zero-order valence-corrected chi connectivity index (χ0v) is 26.5. The molecule has 0 radical (unpaired) electrons. The van der Waals surface area contributed by atoms with Crippen molar-refractivity contribution in [2.45, 2.75) is 0 Å². The first-order valence-corrected chi connectivity index (χ1v) is 24.2. The summed E-state index contributed by atoms with van der Waals surface area (Å²) in [5.74, 6) is 0. The minimum absolute atomic E-state index is 0. The zero-order chi connectivity index (χ0) is 27.0. The Labute approximate surface area is 204 Å². The van der Waals surface area contributed by atoms with Gasteiger partial charge in [0.25, 0.3) is 0 Å². The maximum absolute atomic E-state index is 8.94. The summed E-state index contributed by atoms with van der Waals surface area (Å²) < 4.78 is 187. The van der Waals surface area contributed by atoms with Crippen molar-refractivity contribution in [1.29, 1.82) is 0 Å². The van der Waals surface area contributed by atoms with Gasteiger partial charge in [-0.25, -0.2) is 0 Å². The normalized spacial score (nSPS) is 11.4. The van der Waals surface area contributed by atoms with E-state index in [1.807, 2.05) is 0 Å². The van der Waals surface area contributed by atoms with Crippen LogP contribution in [0.25, 0.3) is 0 Å². The van der Waals surface area contributed by atoms with E-state index in [0.717, 1.165) is 0 Å². The Bertz CT molecular complexity index is 460. The van der Waals surface area contributed by atoms with Gasteiger partial charge in [-0.1, -0.05) is 0 Å². The molecule has 0 fully saturated rings. The van der Waals surface area contributed by atoms with Crippen LogP contribution < -0.4 is 8.19 Å². The van der Waals surface area contributed by atoms with E-state index in [2.05, 4.69) is 0 Å². The fourth-order valence-corrected chi connectivity index (χ4v) is 0. The second-order valence-corrected chi connectivity index (χ2v) is 15.8. The summed E-state index contributed by atoms with van der Waals surface area (Å²) in [5, 5.41) is 0. The largest absolute Gasteiger partial charge is 2.00 e. The molecule has 31 heteroatoms. The van der Waals surface area contributed by atoms with Crippen LogP contribution in [0.1, 0.15) is 0 Å². The summed E-state index contributed by atoms with van der Waals surface area (Å²) >= 11 is -31.2. The molecule has 0 rings (SSSR count). The number of hydrogen-bond acceptors (Lipinski definition) is 8. The molecule has 0 saturated carbocycles. The SMILES string of the molecule is O=[As](O)(O)O.O=[As](O)(O)O.O=[As](O)(O)O.O=[As](O)(O)O.O=[As](O)(O)O.O=[As]([O-])([O-])O.[Mg+2]. The van der Waals surface area contributed by atoms with Crippen LogP contribution in [0.3, 0.4) is 0 Å². The molecule has 0 heterocycles. The molecular formula is H16As6MgO24. The van der Waals surface area contributed by atoms with E-state index in [9.17, 15) is 0 Å². The van der Waals surface area contributed by atoms with Gasteiger partial charge in [-0.05, 0) is 0 Å². The first kappa shape index (κ1) is 50.1. The summed E-state index contributed by atoms with van der Waals surface area (Å²) in [7, 11) is 0. The Balaban J connectivity index is -0.0000000443. The molecular weight excluding hydrogens is 858 g/mol. The van der Waals surface area contributed by atoms with Gasteiger partial charge in [-0.15, -0.1) is 0 Å². The van der Waals surface area contributed by atoms with Crippen LogP contribution in [0.2, 0.25) is 0 Å². The standard InChI is InChI=1S/6AsH3O4.Mg/c6*2-1(3,4)5;/h6*(H3,2,3,4,5);/q;;;;;;+2/p-2. The van der Waals surface area contributed by atoms with Gasteiger partial charge < -0.3 is 0 Å². The average Bonchev–Trinajstić information content (AvgIpc) is 1.94. The van der Waals surface area contributed by atoms with Crippen LogP contribution in [0.5, 0.6) is 0 Å². The number of hydrogen-bond donors (Lipinski definition) is 16. The average molecular weight is 874 g/mol. The molecule has 0 spiro atoms. The van der Waals surface area contributed by atoms with Crippen LogP contribution in [0, 0.1) is 0 Å². The minimum Gasteiger partial charge on any atom is 2.00 e. The molecule has 0 unspecified atom stereocenters. The molecule has 0 aliphatic carbocycles. The molecule has 0 aliphatic heterocycles. The molecule has 0 amide bonds. The predicted octanol–water partition coefficient (Wildman–Crippen LogP) is -14.7. The van der Waals surface area contributed by atoms with Crippen molar-refractivity contribution in [3.05, 3.63) is 0 Å². The smallest absolute Gasteiger partial charge is 2.00 e. The molecule has 0 aromatic carbocycles. The summed E-state index contributed by atoms with van der Waals surface area (Å²) in [4.78, 5) is 0. The molecule has 16 N–H and O–H groups in total. The topological polar surface area (TPSA) is 472 Å². The maximum Gasteiger partial charge on any atom is 2.00 e. The van der Waals surface area contributed by atoms with Crippen molar-refractivity contribution in [3.8, 4) is 0 Å². The Morgan fingerprint density at radius 2 is 0.323 bits per heavy atom. The van der Waals surface area contributed by atoms with E-state index < -0.39 is 87.1 Å². The van der Waals surface area contributed by atoms with E-state index in [1.165, 1.54) is 0 Å². The maximum atomic E-state index is 8.94. The molecule has 0 aromatic heterocycles. The summed E-state index contributed by atoms with van der Waals surface area (Å²) in [6, 6.07) is 0. The summed E-state index contributed by atoms with van der Waals surface area (Å²) in [6.07, 6.45) is 0. The van der Waals surface area contributed by atoms with Crippen molar-refractivity contribution in [1.82, 2.24) is 0 Å². The monoisotopic (exact) mass is 874 g/mol. The van der Waals surface area contributed by atoms with E-state index in [0.29, 0.717) is 0 Å².